The van der Waals surface area contributed by atoms with E-state index < -0.39 is 12.0 Å². The van der Waals surface area contributed by atoms with Crippen molar-refractivity contribution in [1.82, 2.24) is 14.9 Å². The Hall–Kier alpha value is -1.08. The summed E-state index contributed by atoms with van der Waals surface area (Å²) in [6, 6.07) is -0.233. The van der Waals surface area contributed by atoms with Gasteiger partial charge in [0.2, 0.25) is 5.82 Å². The molecule has 1 aromatic rings. The van der Waals surface area contributed by atoms with Crippen molar-refractivity contribution in [1.29, 1.82) is 0 Å². The van der Waals surface area contributed by atoms with Crippen molar-refractivity contribution >= 4 is 0 Å². The van der Waals surface area contributed by atoms with Crippen molar-refractivity contribution in [3.63, 3.8) is 0 Å². The molecule has 20 heavy (non-hydrogen) atoms. The molecular weight excluding hydrogens is 271 g/mol. The van der Waals surface area contributed by atoms with Crippen LogP contribution < -0.4 is 5.32 Å². The van der Waals surface area contributed by atoms with Gasteiger partial charge in [-0.2, -0.15) is 13.2 Å². The van der Waals surface area contributed by atoms with E-state index >= 15 is 0 Å². The van der Waals surface area contributed by atoms with Gasteiger partial charge in [0.25, 0.3) is 0 Å². The number of imidazole rings is 1. The van der Waals surface area contributed by atoms with E-state index in [0.29, 0.717) is 38.4 Å². The zero-order valence-corrected chi connectivity index (χ0v) is 11.3. The summed E-state index contributed by atoms with van der Waals surface area (Å²) in [4.78, 5) is 3.85. The number of alkyl halides is 3. The molecule has 1 saturated heterocycles. The molecule has 0 aliphatic carbocycles. The Balaban J connectivity index is 2.04. The second-order valence-corrected chi connectivity index (χ2v) is 5.49. The number of nitrogens with zero attached hydrogens (tertiary/aromatic N) is 2. The van der Waals surface area contributed by atoms with Gasteiger partial charge < -0.3 is 14.6 Å². The zero-order valence-electron chi connectivity index (χ0n) is 11.3. The van der Waals surface area contributed by atoms with Gasteiger partial charge in [-0.3, -0.25) is 0 Å². The molecule has 3 rings (SSSR count). The Kier molecular flexibility index (Phi) is 3.50. The van der Waals surface area contributed by atoms with Crippen LogP contribution in [0.15, 0.2) is 0 Å². The Labute approximate surface area is 115 Å². The highest BCUT2D eigenvalue weighted by Crippen LogP contribution is 2.37. The van der Waals surface area contributed by atoms with Gasteiger partial charge in [0.05, 0.1) is 12.3 Å². The fourth-order valence-corrected chi connectivity index (χ4v) is 3.12. The van der Waals surface area contributed by atoms with Gasteiger partial charge in [-0.1, -0.05) is 0 Å². The SMILES string of the molecule is CC(C1CCOC1)n1c(C(F)(F)F)nc2c1CCNC2. The predicted molar refractivity (Wildman–Crippen MR) is 66.3 cm³/mol. The van der Waals surface area contributed by atoms with Gasteiger partial charge in [-0.05, 0) is 13.3 Å². The maximum absolute atomic E-state index is 13.2. The molecule has 1 aromatic heterocycles. The molecule has 7 heteroatoms. The normalized spacial score (nSPS) is 24.7. The van der Waals surface area contributed by atoms with Crippen LogP contribution in [-0.4, -0.2) is 29.3 Å². The van der Waals surface area contributed by atoms with Crippen LogP contribution in [0, 0.1) is 5.92 Å². The number of halogens is 3. The first kappa shape index (κ1) is 13.9. The van der Waals surface area contributed by atoms with Crippen LogP contribution in [0.4, 0.5) is 13.2 Å². The Bertz CT molecular complexity index is 492. The lowest BCUT2D eigenvalue weighted by Gasteiger charge is -2.26. The first-order chi connectivity index (χ1) is 9.48. The number of fused-ring (bicyclic) bond motifs is 1. The standard InChI is InChI=1S/C13H18F3N3O/c1-8(9-3-5-20-7-9)19-11-2-4-17-6-10(11)18-12(19)13(14,15)16/h8-9,17H,2-7H2,1H3. The lowest BCUT2D eigenvalue weighted by molar-refractivity contribution is -0.148. The van der Waals surface area contributed by atoms with E-state index in [1.807, 2.05) is 6.92 Å². The van der Waals surface area contributed by atoms with Crippen LogP contribution in [0.1, 0.15) is 36.6 Å². The van der Waals surface area contributed by atoms with Crippen LogP contribution in [0.2, 0.25) is 0 Å². The van der Waals surface area contributed by atoms with Crippen molar-refractivity contribution in [2.24, 2.45) is 5.92 Å². The smallest absolute Gasteiger partial charge is 0.381 e. The number of hydrogen-bond donors (Lipinski definition) is 1. The summed E-state index contributed by atoms with van der Waals surface area (Å²) in [7, 11) is 0. The van der Waals surface area contributed by atoms with Crippen molar-refractivity contribution < 1.29 is 17.9 Å². The van der Waals surface area contributed by atoms with Crippen LogP contribution in [0.3, 0.4) is 0 Å². The van der Waals surface area contributed by atoms with Gasteiger partial charge >= 0.3 is 6.18 Å². The minimum atomic E-state index is -4.41. The quantitative estimate of drug-likeness (QED) is 0.906. The topological polar surface area (TPSA) is 39.1 Å². The molecule has 0 spiro atoms. The van der Waals surface area contributed by atoms with Crippen molar-refractivity contribution in [2.75, 3.05) is 19.8 Å². The molecule has 112 valence electrons. The number of aromatic nitrogens is 2. The van der Waals surface area contributed by atoms with E-state index in [2.05, 4.69) is 10.3 Å². The van der Waals surface area contributed by atoms with Crippen molar-refractivity contribution in [3.8, 4) is 0 Å². The monoisotopic (exact) mass is 289 g/mol. The molecule has 0 radical (unpaired) electrons. The number of ether oxygens (including phenoxy) is 1. The molecule has 0 amide bonds. The van der Waals surface area contributed by atoms with Crippen LogP contribution in [0.25, 0.3) is 0 Å². The lowest BCUT2D eigenvalue weighted by atomic mass is 9.99. The number of hydrogen-bond acceptors (Lipinski definition) is 3. The third-order valence-electron chi connectivity index (χ3n) is 4.23. The van der Waals surface area contributed by atoms with E-state index in [4.69, 9.17) is 4.74 Å². The maximum Gasteiger partial charge on any atom is 0.449 e. The van der Waals surface area contributed by atoms with Crippen LogP contribution in [0.5, 0.6) is 0 Å². The summed E-state index contributed by atoms with van der Waals surface area (Å²) < 4.78 is 46.5. The molecule has 1 fully saturated rings. The van der Waals surface area contributed by atoms with Crippen LogP contribution in [-0.2, 0) is 23.9 Å². The summed E-state index contributed by atoms with van der Waals surface area (Å²) in [6.07, 6.45) is -3.01. The summed E-state index contributed by atoms with van der Waals surface area (Å²) in [5, 5.41) is 3.07. The molecule has 1 N–H and O–H groups in total. The van der Waals surface area contributed by atoms with Crippen molar-refractivity contribution in [2.45, 2.75) is 38.5 Å². The first-order valence-corrected chi connectivity index (χ1v) is 6.94. The second-order valence-electron chi connectivity index (χ2n) is 5.49. The molecule has 0 bridgehead atoms. The average Bonchev–Trinajstić information content (AvgIpc) is 3.04. The molecule has 3 heterocycles. The predicted octanol–water partition coefficient (Wildman–Crippen LogP) is 2.15. The summed E-state index contributed by atoms with van der Waals surface area (Å²) in [5.41, 5.74) is 1.27. The first-order valence-electron chi connectivity index (χ1n) is 6.94. The molecular formula is C13H18F3N3O. The van der Waals surface area contributed by atoms with Gasteiger partial charge in [0.15, 0.2) is 0 Å². The maximum atomic E-state index is 13.2. The average molecular weight is 289 g/mol. The molecule has 0 aromatic carbocycles. The number of nitrogens with one attached hydrogen (secondary N) is 1. The third kappa shape index (κ3) is 2.33. The minimum absolute atomic E-state index is 0.129. The Morgan fingerprint density at radius 2 is 2.25 bits per heavy atom. The van der Waals surface area contributed by atoms with Crippen molar-refractivity contribution in [3.05, 3.63) is 17.2 Å². The highest BCUT2D eigenvalue weighted by atomic mass is 19.4. The zero-order chi connectivity index (χ0) is 14.3. The molecule has 0 saturated carbocycles. The third-order valence-corrected chi connectivity index (χ3v) is 4.23. The van der Waals surface area contributed by atoms with Crippen LogP contribution >= 0.6 is 0 Å². The Morgan fingerprint density at radius 3 is 2.90 bits per heavy atom. The van der Waals surface area contributed by atoms with E-state index in [1.165, 1.54) is 4.57 Å². The lowest BCUT2D eigenvalue weighted by Crippen LogP contribution is -2.28. The van der Waals surface area contributed by atoms with Gasteiger partial charge in [0.1, 0.15) is 0 Å². The summed E-state index contributed by atoms with van der Waals surface area (Å²) in [5.74, 6) is -0.630. The molecule has 2 aliphatic rings. The summed E-state index contributed by atoms with van der Waals surface area (Å²) in [6.45, 7) is 4.13. The van der Waals surface area contributed by atoms with E-state index in [0.717, 1.165) is 12.1 Å². The Morgan fingerprint density at radius 1 is 1.45 bits per heavy atom. The van der Waals surface area contributed by atoms with Gasteiger partial charge in [-0.15, -0.1) is 0 Å². The number of rotatable bonds is 2. The fourth-order valence-electron chi connectivity index (χ4n) is 3.12. The largest absolute Gasteiger partial charge is 0.449 e. The summed E-state index contributed by atoms with van der Waals surface area (Å²) >= 11 is 0. The minimum Gasteiger partial charge on any atom is -0.381 e. The molecule has 2 atom stereocenters. The van der Waals surface area contributed by atoms with E-state index in [-0.39, 0.29) is 12.0 Å². The highest BCUT2D eigenvalue weighted by molar-refractivity contribution is 5.23. The highest BCUT2D eigenvalue weighted by Gasteiger charge is 2.41. The van der Waals surface area contributed by atoms with E-state index in [9.17, 15) is 13.2 Å². The molecule has 2 unspecified atom stereocenters. The van der Waals surface area contributed by atoms with Gasteiger partial charge in [0, 0.05) is 43.8 Å². The second kappa shape index (κ2) is 5.04. The fraction of sp³-hybridized carbons (Fsp3) is 0.769. The van der Waals surface area contributed by atoms with E-state index in [1.54, 1.807) is 0 Å². The van der Waals surface area contributed by atoms with Gasteiger partial charge in [-0.25, -0.2) is 4.98 Å². The molecule has 2 aliphatic heterocycles. The molecule has 4 nitrogen and oxygen atoms in total.